The van der Waals surface area contributed by atoms with Gasteiger partial charge in [-0.1, -0.05) is 0 Å². The summed E-state index contributed by atoms with van der Waals surface area (Å²) in [4.78, 5) is 14.1. The maximum absolute atomic E-state index is 12.7. The van der Waals surface area contributed by atoms with Crippen LogP contribution in [-0.4, -0.2) is 34.2 Å². The SMILES string of the molecule is O=C(Nc1cccs1)N1CCCC(c2nnc(-c3ccc(C(F)(F)F)cc3)o2)C1. The lowest BCUT2D eigenvalue weighted by molar-refractivity contribution is -0.137. The van der Waals surface area contributed by atoms with E-state index in [4.69, 9.17) is 4.42 Å². The zero-order valence-corrected chi connectivity index (χ0v) is 16.0. The Morgan fingerprint density at radius 3 is 2.69 bits per heavy atom. The second kappa shape index (κ2) is 7.86. The van der Waals surface area contributed by atoms with Crippen LogP contribution in [0.4, 0.5) is 23.0 Å². The van der Waals surface area contributed by atoms with E-state index in [9.17, 15) is 18.0 Å². The summed E-state index contributed by atoms with van der Waals surface area (Å²) in [6.07, 6.45) is -2.81. The number of rotatable bonds is 3. The van der Waals surface area contributed by atoms with Crippen LogP contribution in [-0.2, 0) is 6.18 Å². The van der Waals surface area contributed by atoms with E-state index < -0.39 is 11.7 Å². The van der Waals surface area contributed by atoms with Gasteiger partial charge in [0.15, 0.2) is 0 Å². The summed E-state index contributed by atoms with van der Waals surface area (Å²) >= 11 is 1.45. The normalized spacial score (nSPS) is 17.3. The van der Waals surface area contributed by atoms with Crippen molar-refractivity contribution in [3.63, 3.8) is 0 Å². The molecule has 1 atom stereocenters. The first kappa shape index (κ1) is 19.4. The Morgan fingerprint density at radius 1 is 1.21 bits per heavy atom. The molecule has 10 heteroatoms. The van der Waals surface area contributed by atoms with E-state index in [1.807, 2.05) is 17.5 Å². The molecule has 0 aliphatic carbocycles. The lowest BCUT2D eigenvalue weighted by atomic mass is 9.98. The first-order chi connectivity index (χ1) is 13.9. The van der Waals surface area contributed by atoms with Crippen molar-refractivity contribution in [2.24, 2.45) is 0 Å². The molecule has 1 N–H and O–H groups in total. The van der Waals surface area contributed by atoms with Gasteiger partial charge in [-0.15, -0.1) is 21.5 Å². The Balaban J connectivity index is 1.44. The van der Waals surface area contributed by atoms with Crippen LogP contribution in [0.15, 0.2) is 46.2 Å². The molecule has 3 aromatic rings. The van der Waals surface area contributed by atoms with Crippen molar-refractivity contribution >= 4 is 22.4 Å². The van der Waals surface area contributed by atoms with Crippen molar-refractivity contribution in [2.75, 3.05) is 18.4 Å². The van der Waals surface area contributed by atoms with Gasteiger partial charge in [-0.3, -0.25) is 5.32 Å². The standard InChI is InChI=1S/C19H17F3N4O2S/c20-19(21,22)14-7-5-12(6-8-14)16-24-25-17(28-16)13-3-1-9-26(11-13)18(27)23-15-4-2-10-29-15/h2,4-8,10,13H,1,3,9,11H2,(H,23,27). The molecule has 0 spiro atoms. The average Bonchev–Trinajstić information content (AvgIpc) is 3.40. The van der Waals surface area contributed by atoms with Gasteiger partial charge in [-0.2, -0.15) is 13.2 Å². The molecule has 2 amide bonds. The molecule has 3 heterocycles. The molecule has 1 fully saturated rings. The molecule has 2 aromatic heterocycles. The molecule has 4 rings (SSSR count). The van der Waals surface area contributed by atoms with Crippen molar-refractivity contribution < 1.29 is 22.4 Å². The first-order valence-corrected chi connectivity index (χ1v) is 9.88. The minimum absolute atomic E-state index is 0.117. The van der Waals surface area contributed by atoms with E-state index in [1.54, 1.807) is 4.90 Å². The van der Waals surface area contributed by atoms with Gasteiger partial charge in [0.05, 0.1) is 16.5 Å². The van der Waals surface area contributed by atoms with Crippen molar-refractivity contribution in [1.82, 2.24) is 15.1 Å². The molecule has 1 saturated heterocycles. The van der Waals surface area contributed by atoms with Crippen molar-refractivity contribution in [3.8, 4) is 11.5 Å². The number of amides is 2. The summed E-state index contributed by atoms with van der Waals surface area (Å²) in [5.41, 5.74) is -0.319. The number of alkyl halides is 3. The second-order valence-corrected chi connectivity index (χ2v) is 7.66. The number of urea groups is 1. The van der Waals surface area contributed by atoms with Crippen LogP contribution in [0.3, 0.4) is 0 Å². The molecule has 29 heavy (non-hydrogen) atoms. The molecule has 1 aromatic carbocycles. The largest absolute Gasteiger partial charge is 0.420 e. The molecule has 0 radical (unpaired) electrons. The minimum atomic E-state index is -4.40. The monoisotopic (exact) mass is 422 g/mol. The summed E-state index contributed by atoms with van der Waals surface area (Å²) in [6, 6.07) is 8.09. The van der Waals surface area contributed by atoms with E-state index in [-0.39, 0.29) is 17.8 Å². The van der Waals surface area contributed by atoms with E-state index in [2.05, 4.69) is 15.5 Å². The molecular formula is C19H17F3N4O2S. The number of hydrogen-bond acceptors (Lipinski definition) is 5. The van der Waals surface area contributed by atoms with Gasteiger partial charge >= 0.3 is 12.2 Å². The lowest BCUT2D eigenvalue weighted by Gasteiger charge is -2.30. The fourth-order valence-electron chi connectivity index (χ4n) is 3.22. The van der Waals surface area contributed by atoms with Gasteiger partial charge in [0.1, 0.15) is 0 Å². The molecule has 1 unspecified atom stereocenters. The molecular weight excluding hydrogens is 405 g/mol. The summed E-state index contributed by atoms with van der Waals surface area (Å²) in [7, 11) is 0. The molecule has 1 aliphatic heterocycles. The van der Waals surface area contributed by atoms with Crippen LogP contribution in [0, 0.1) is 0 Å². The van der Waals surface area contributed by atoms with E-state index in [0.29, 0.717) is 24.5 Å². The molecule has 152 valence electrons. The van der Waals surface area contributed by atoms with Gasteiger partial charge in [0.2, 0.25) is 11.8 Å². The third-order valence-corrected chi connectivity index (χ3v) is 5.49. The quantitative estimate of drug-likeness (QED) is 0.628. The van der Waals surface area contributed by atoms with Crippen LogP contribution >= 0.6 is 11.3 Å². The van der Waals surface area contributed by atoms with Crippen LogP contribution in [0.5, 0.6) is 0 Å². The number of halogens is 3. The van der Waals surface area contributed by atoms with E-state index in [1.165, 1.54) is 23.5 Å². The van der Waals surface area contributed by atoms with Gasteiger partial charge in [-0.05, 0) is 54.6 Å². The third kappa shape index (κ3) is 4.42. The summed E-state index contributed by atoms with van der Waals surface area (Å²) in [5.74, 6) is 0.427. The minimum Gasteiger partial charge on any atom is -0.420 e. The van der Waals surface area contributed by atoms with Crippen LogP contribution in [0.1, 0.15) is 30.2 Å². The van der Waals surface area contributed by atoms with Gasteiger partial charge in [0.25, 0.3) is 0 Å². The predicted octanol–water partition coefficient (Wildman–Crippen LogP) is 5.23. The van der Waals surface area contributed by atoms with Crippen molar-refractivity contribution in [2.45, 2.75) is 24.9 Å². The number of benzene rings is 1. The Hall–Kier alpha value is -2.88. The molecule has 0 saturated carbocycles. The number of piperidine rings is 1. The Labute approximate surface area is 168 Å². The number of carbonyl (C=O) groups is 1. The molecule has 1 aliphatic rings. The average molecular weight is 422 g/mol. The number of aromatic nitrogens is 2. The fraction of sp³-hybridized carbons (Fsp3) is 0.316. The summed E-state index contributed by atoms with van der Waals surface area (Å²) in [5, 5.41) is 13.6. The van der Waals surface area contributed by atoms with Crippen LogP contribution < -0.4 is 5.32 Å². The number of likely N-dealkylation sites (tertiary alicyclic amines) is 1. The molecule has 0 bridgehead atoms. The third-order valence-electron chi connectivity index (χ3n) is 4.71. The van der Waals surface area contributed by atoms with Crippen molar-refractivity contribution in [3.05, 3.63) is 53.2 Å². The van der Waals surface area contributed by atoms with Crippen LogP contribution in [0.25, 0.3) is 11.5 Å². The van der Waals surface area contributed by atoms with Gasteiger partial charge < -0.3 is 9.32 Å². The summed E-state index contributed by atoms with van der Waals surface area (Å²) < 4.78 is 43.8. The number of carbonyl (C=O) groups excluding carboxylic acids is 1. The predicted molar refractivity (Wildman–Crippen MR) is 102 cm³/mol. The smallest absolute Gasteiger partial charge is 0.416 e. The van der Waals surface area contributed by atoms with Gasteiger partial charge in [0, 0.05) is 18.7 Å². The van der Waals surface area contributed by atoms with E-state index in [0.717, 1.165) is 30.0 Å². The topological polar surface area (TPSA) is 71.3 Å². The Morgan fingerprint density at radius 2 is 2.00 bits per heavy atom. The highest BCUT2D eigenvalue weighted by atomic mass is 32.1. The second-order valence-electron chi connectivity index (χ2n) is 6.71. The number of anilines is 1. The zero-order chi connectivity index (χ0) is 20.4. The highest BCUT2D eigenvalue weighted by Gasteiger charge is 2.31. The number of nitrogens with zero attached hydrogens (tertiary/aromatic N) is 3. The zero-order valence-electron chi connectivity index (χ0n) is 15.1. The maximum Gasteiger partial charge on any atom is 0.416 e. The Kier molecular flexibility index (Phi) is 5.27. The highest BCUT2D eigenvalue weighted by molar-refractivity contribution is 7.14. The highest BCUT2D eigenvalue weighted by Crippen LogP contribution is 2.32. The first-order valence-electron chi connectivity index (χ1n) is 9.00. The van der Waals surface area contributed by atoms with Crippen molar-refractivity contribution in [1.29, 1.82) is 0 Å². The van der Waals surface area contributed by atoms with Gasteiger partial charge in [-0.25, -0.2) is 4.79 Å². The lowest BCUT2D eigenvalue weighted by Crippen LogP contribution is -2.41. The number of thiophene rings is 1. The summed E-state index contributed by atoms with van der Waals surface area (Å²) in [6.45, 7) is 1.07. The molecule has 6 nitrogen and oxygen atoms in total. The number of hydrogen-bond donors (Lipinski definition) is 1. The Bertz CT molecular complexity index is 970. The fourth-order valence-corrected chi connectivity index (χ4v) is 3.82. The maximum atomic E-state index is 12.7. The number of nitrogens with one attached hydrogen (secondary N) is 1. The van der Waals surface area contributed by atoms with Crippen LogP contribution in [0.2, 0.25) is 0 Å². The van der Waals surface area contributed by atoms with E-state index >= 15 is 0 Å².